The van der Waals surface area contributed by atoms with Crippen LogP contribution in [0.3, 0.4) is 0 Å². The summed E-state index contributed by atoms with van der Waals surface area (Å²) < 4.78 is 48.7. The van der Waals surface area contributed by atoms with E-state index in [1.807, 2.05) is 0 Å². The van der Waals surface area contributed by atoms with E-state index in [1.165, 1.54) is 11.2 Å². The number of benzene rings is 1. The predicted octanol–water partition coefficient (Wildman–Crippen LogP) is 2.15. The van der Waals surface area contributed by atoms with Crippen LogP contribution in [0.25, 0.3) is 0 Å². The van der Waals surface area contributed by atoms with E-state index in [0.29, 0.717) is 12.7 Å². The molecule has 1 aromatic rings. The van der Waals surface area contributed by atoms with Crippen LogP contribution >= 0.6 is 0 Å². The van der Waals surface area contributed by atoms with Crippen LogP contribution in [-0.2, 0) is 20.4 Å². The van der Waals surface area contributed by atoms with Gasteiger partial charge in [-0.15, -0.1) is 0 Å². The van der Waals surface area contributed by atoms with E-state index in [9.17, 15) is 28.1 Å². The fraction of sp³-hybridized carbons (Fsp3) is 0.438. The van der Waals surface area contributed by atoms with Gasteiger partial charge in [-0.05, 0) is 12.1 Å². The number of nitro benzene ring substituents is 1. The van der Waals surface area contributed by atoms with Crippen molar-refractivity contribution in [2.75, 3.05) is 44.3 Å². The predicted molar refractivity (Wildman–Crippen MR) is 86.9 cm³/mol. The fourth-order valence-corrected chi connectivity index (χ4v) is 2.90. The van der Waals surface area contributed by atoms with E-state index in [-0.39, 0.29) is 50.1 Å². The standard InChI is InChI=1S/C16H16F3N3O5/c17-16(18,19)11-1-2-12(13(9-11)22(24)25)20-3-5-21(6-4-20)15(23)14-10-26-7-8-27-14/h1-2,9-10H,3-8H2. The van der Waals surface area contributed by atoms with Crippen LogP contribution in [0.1, 0.15) is 5.56 Å². The maximum absolute atomic E-state index is 12.8. The number of ether oxygens (including phenoxy) is 2. The average molecular weight is 387 g/mol. The maximum Gasteiger partial charge on any atom is 0.416 e. The third-order valence-electron chi connectivity index (χ3n) is 4.27. The molecule has 0 unspecified atom stereocenters. The highest BCUT2D eigenvalue weighted by Gasteiger charge is 2.34. The number of hydrogen-bond donors (Lipinski definition) is 0. The van der Waals surface area contributed by atoms with E-state index in [4.69, 9.17) is 9.47 Å². The Morgan fingerprint density at radius 3 is 2.41 bits per heavy atom. The molecular weight excluding hydrogens is 371 g/mol. The maximum atomic E-state index is 12.8. The molecule has 27 heavy (non-hydrogen) atoms. The molecule has 2 heterocycles. The number of nitro groups is 1. The normalized spacial score (nSPS) is 17.7. The van der Waals surface area contributed by atoms with Crippen molar-refractivity contribution >= 4 is 17.3 Å². The molecule has 1 amide bonds. The molecule has 2 aliphatic heterocycles. The molecule has 0 bridgehead atoms. The number of rotatable bonds is 3. The highest BCUT2D eigenvalue weighted by Crippen LogP contribution is 2.36. The van der Waals surface area contributed by atoms with Crippen LogP contribution in [-0.4, -0.2) is 55.1 Å². The minimum Gasteiger partial charge on any atom is -0.494 e. The van der Waals surface area contributed by atoms with Gasteiger partial charge in [-0.25, -0.2) is 0 Å². The molecule has 3 rings (SSSR count). The van der Waals surface area contributed by atoms with Crippen LogP contribution in [0.4, 0.5) is 24.5 Å². The van der Waals surface area contributed by atoms with Gasteiger partial charge in [0.1, 0.15) is 25.2 Å². The Kier molecular flexibility index (Phi) is 5.10. The average Bonchev–Trinajstić information content (AvgIpc) is 2.67. The monoisotopic (exact) mass is 387 g/mol. The van der Waals surface area contributed by atoms with Crippen molar-refractivity contribution in [1.82, 2.24) is 4.90 Å². The molecule has 0 atom stereocenters. The summed E-state index contributed by atoms with van der Waals surface area (Å²) in [6.45, 7) is 1.62. The summed E-state index contributed by atoms with van der Waals surface area (Å²) in [5.41, 5.74) is -1.60. The van der Waals surface area contributed by atoms with E-state index < -0.39 is 22.4 Å². The smallest absolute Gasteiger partial charge is 0.416 e. The third-order valence-corrected chi connectivity index (χ3v) is 4.27. The number of anilines is 1. The lowest BCUT2D eigenvalue weighted by atomic mass is 10.1. The lowest BCUT2D eigenvalue weighted by molar-refractivity contribution is -0.384. The lowest BCUT2D eigenvalue weighted by Gasteiger charge is -2.36. The van der Waals surface area contributed by atoms with Crippen molar-refractivity contribution in [3.05, 3.63) is 45.9 Å². The number of piperazine rings is 1. The second kappa shape index (κ2) is 7.33. The quantitative estimate of drug-likeness (QED) is 0.584. The van der Waals surface area contributed by atoms with Crippen molar-refractivity contribution in [3.63, 3.8) is 0 Å². The first kappa shape index (κ1) is 18.8. The summed E-state index contributed by atoms with van der Waals surface area (Å²) in [6, 6.07) is 2.45. The Hall–Kier alpha value is -2.98. The van der Waals surface area contributed by atoms with Crippen LogP contribution in [0.2, 0.25) is 0 Å². The Labute approximate surface area is 151 Å². The van der Waals surface area contributed by atoms with Gasteiger partial charge >= 0.3 is 6.18 Å². The molecule has 0 radical (unpaired) electrons. The molecule has 0 saturated carbocycles. The minimum atomic E-state index is -4.66. The van der Waals surface area contributed by atoms with Crippen LogP contribution in [0, 0.1) is 10.1 Å². The van der Waals surface area contributed by atoms with Gasteiger partial charge in [0, 0.05) is 32.2 Å². The molecule has 146 valence electrons. The van der Waals surface area contributed by atoms with Gasteiger partial charge in [0.15, 0.2) is 0 Å². The number of carbonyl (C=O) groups is 1. The number of alkyl halides is 3. The first-order chi connectivity index (χ1) is 12.8. The van der Waals surface area contributed by atoms with Gasteiger partial charge in [-0.3, -0.25) is 14.9 Å². The molecule has 1 aromatic carbocycles. The molecule has 0 spiro atoms. The van der Waals surface area contributed by atoms with Crippen LogP contribution < -0.4 is 4.90 Å². The summed E-state index contributed by atoms with van der Waals surface area (Å²) in [6.07, 6.45) is -3.41. The van der Waals surface area contributed by atoms with Gasteiger partial charge in [0.25, 0.3) is 11.6 Å². The van der Waals surface area contributed by atoms with Crippen molar-refractivity contribution in [1.29, 1.82) is 0 Å². The van der Waals surface area contributed by atoms with Gasteiger partial charge in [0.05, 0.1) is 10.5 Å². The molecule has 8 nitrogen and oxygen atoms in total. The third kappa shape index (κ3) is 4.07. The van der Waals surface area contributed by atoms with Gasteiger partial charge in [-0.1, -0.05) is 0 Å². The molecule has 0 aromatic heterocycles. The Morgan fingerprint density at radius 1 is 1.15 bits per heavy atom. The SMILES string of the molecule is O=C(C1=COCCO1)N1CCN(c2ccc(C(F)(F)F)cc2[N+](=O)[O-])CC1. The highest BCUT2D eigenvalue weighted by atomic mass is 19.4. The molecule has 1 saturated heterocycles. The van der Waals surface area contributed by atoms with Crippen molar-refractivity contribution in [2.24, 2.45) is 0 Å². The highest BCUT2D eigenvalue weighted by molar-refractivity contribution is 5.91. The van der Waals surface area contributed by atoms with Crippen molar-refractivity contribution < 1.29 is 32.4 Å². The van der Waals surface area contributed by atoms with Gasteiger partial charge < -0.3 is 19.3 Å². The Morgan fingerprint density at radius 2 is 1.85 bits per heavy atom. The lowest BCUT2D eigenvalue weighted by Crippen LogP contribution is -2.49. The zero-order chi connectivity index (χ0) is 19.6. The Balaban J connectivity index is 1.73. The van der Waals surface area contributed by atoms with Crippen molar-refractivity contribution in [2.45, 2.75) is 6.18 Å². The second-order valence-corrected chi connectivity index (χ2v) is 5.94. The molecule has 2 aliphatic rings. The van der Waals surface area contributed by atoms with E-state index >= 15 is 0 Å². The first-order valence-electron chi connectivity index (χ1n) is 8.12. The fourth-order valence-electron chi connectivity index (χ4n) is 2.90. The van der Waals surface area contributed by atoms with Crippen LogP contribution in [0.15, 0.2) is 30.2 Å². The molecule has 1 fully saturated rings. The first-order valence-corrected chi connectivity index (χ1v) is 8.12. The number of nitrogens with zero attached hydrogens (tertiary/aromatic N) is 3. The topological polar surface area (TPSA) is 85.2 Å². The summed E-state index contributed by atoms with van der Waals surface area (Å²) in [5, 5.41) is 11.2. The van der Waals surface area contributed by atoms with Gasteiger partial charge in [-0.2, -0.15) is 13.2 Å². The molecule has 0 aliphatic carbocycles. The Bertz CT molecular complexity index is 773. The minimum absolute atomic E-state index is 0.0928. The number of halogens is 3. The number of carbonyl (C=O) groups excluding carboxylic acids is 1. The summed E-state index contributed by atoms with van der Waals surface area (Å²) in [5.74, 6) is -0.258. The van der Waals surface area contributed by atoms with E-state index in [1.54, 1.807) is 4.90 Å². The van der Waals surface area contributed by atoms with Crippen LogP contribution in [0.5, 0.6) is 0 Å². The number of hydrogen-bond acceptors (Lipinski definition) is 6. The van der Waals surface area contributed by atoms with E-state index in [0.717, 1.165) is 12.1 Å². The second-order valence-electron chi connectivity index (χ2n) is 5.94. The van der Waals surface area contributed by atoms with Gasteiger partial charge in [0.2, 0.25) is 5.76 Å². The summed E-state index contributed by atoms with van der Waals surface area (Å²) in [4.78, 5) is 25.8. The molecule has 0 N–H and O–H groups in total. The summed E-state index contributed by atoms with van der Waals surface area (Å²) in [7, 11) is 0. The zero-order valence-corrected chi connectivity index (χ0v) is 14.1. The largest absolute Gasteiger partial charge is 0.494 e. The molecular formula is C16H16F3N3O5. The zero-order valence-electron chi connectivity index (χ0n) is 14.1. The van der Waals surface area contributed by atoms with E-state index in [2.05, 4.69) is 0 Å². The number of amides is 1. The van der Waals surface area contributed by atoms with Crippen molar-refractivity contribution in [3.8, 4) is 0 Å². The summed E-state index contributed by atoms with van der Waals surface area (Å²) >= 11 is 0. The molecule has 11 heteroatoms.